The van der Waals surface area contributed by atoms with Gasteiger partial charge in [-0.3, -0.25) is 4.99 Å². The van der Waals surface area contributed by atoms with E-state index in [4.69, 9.17) is 0 Å². The lowest BCUT2D eigenvalue weighted by Gasteiger charge is -2.19. The van der Waals surface area contributed by atoms with Crippen LogP contribution in [0.25, 0.3) is 0 Å². The van der Waals surface area contributed by atoms with E-state index in [1.807, 2.05) is 7.05 Å². The molecule has 1 saturated heterocycles. The van der Waals surface area contributed by atoms with Crippen LogP contribution in [0.2, 0.25) is 0 Å². The Morgan fingerprint density at radius 3 is 2.68 bits per heavy atom. The van der Waals surface area contributed by atoms with Crippen LogP contribution in [-0.2, 0) is 0 Å². The quantitative estimate of drug-likeness (QED) is 0.436. The van der Waals surface area contributed by atoms with E-state index in [1.54, 1.807) is 0 Å². The Balaban J connectivity index is 0.00000180. The van der Waals surface area contributed by atoms with Crippen molar-refractivity contribution in [2.45, 2.75) is 51.6 Å². The van der Waals surface area contributed by atoms with Crippen LogP contribution in [0.1, 0.15) is 39.5 Å². The predicted octanol–water partition coefficient (Wildman–Crippen LogP) is 2.05. The number of nitrogens with one attached hydrogen (secondary N) is 2. The fourth-order valence-electron chi connectivity index (χ4n) is 2.57. The molecule has 1 saturated carbocycles. The third-order valence-corrected chi connectivity index (χ3v) is 4.16. The Kier molecular flexibility index (Phi) is 7.42. The predicted molar refractivity (Wildman–Crippen MR) is 92.4 cm³/mol. The largest absolute Gasteiger partial charge is 0.356 e. The van der Waals surface area contributed by atoms with Gasteiger partial charge in [-0.25, -0.2) is 0 Å². The molecule has 2 rings (SSSR count). The minimum atomic E-state index is 0. The van der Waals surface area contributed by atoms with Crippen molar-refractivity contribution in [3.05, 3.63) is 0 Å². The summed E-state index contributed by atoms with van der Waals surface area (Å²) in [5, 5.41) is 6.88. The van der Waals surface area contributed by atoms with Crippen molar-refractivity contribution in [1.82, 2.24) is 15.5 Å². The van der Waals surface area contributed by atoms with Gasteiger partial charge in [0, 0.05) is 32.2 Å². The lowest BCUT2D eigenvalue weighted by molar-refractivity contribution is 0.314. The van der Waals surface area contributed by atoms with E-state index in [0.29, 0.717) is 6.04 Å². The molecule has 2 unspecified atom stereocenters. The molecule has 0 amide bonds. The summed E-state index contributed by atoms with van der Waals surface area (Å²) in [7, 11) is 1.85. The molecule has 1 aliphatic carbocycles. The highest BCUT2D eigenvalue weighted by Gasteiger charge is 2.34. The normalized spacial score (nSPS) is 25.8. The van der Waals surface area contributed by atoms with Crippen LogP contribution in [0.5, 0.6) is 0 Å². The fourth-order valence-corrected chi connectivity index (χ4v) is 2.57. The molecule has 1 aliphatic heterocycles. The van der Waals surface area contributed by atoms with Crippen molar-refractivity contribution in [2.75, 3.05) is 26.7 Å². The van der Waals surface area contributed by atoms with Crippen molar-refractivity contribution in [3.8, 4) is 0 Å². The van der Waals surface area contributed by atoms with Gasteiger partial charge in [0.15, 0.2) is 5.96 Å². The summed E-state index contributed by atoms with van der Waals surface area (Å²) in [6, 6.07) is 1.41. The van der Waals surface area contributed by atoms with Gasteiger partial charge >= 0.3 is 0 Å². The molecule has 2 fully saturated rings. The van der Waals surface area contributed by atoms with Crippen molar-refractivity contribution >= 4 is 29.9 Å². The summed E-state index contributed by atoms with van der Waals surface area (Å²) < 4.78 is 0. The van der Waals surface area contributed by atoms with Gasteiger partial charge in [0.05, 0.1) is 0 Å². The van der Waals surface area contributed by atoms with Gasteiger partial charge in [0.1, 0.15) is 0 Å². The number of nitrogens with zero attached hydrogens (tertiary/aromatic N) is 2. The summed E-state index contributed by atoms with van der Waals surface area (Å²) in [5.41, 5.74) is 0. The third kappa shape index (κ3) is 5.45. The number of rotatable bonds is 5. The maximum absolute atomic E-state index is 4.28. The molecular formula is C14H29IN4. The lowest BCUT2D eigenvalue weighted by Crippen LogP contribution is -2.44. The summed E-state index contributed by atoms with van der Waals surface area (Å²) in [6.07, 6.45) is 5.32. The van der Waals surface area contributed by atoms with Gasteiger partial charge in [0.2, 0.25) is 0 Å². The van der Waals surface area contributed by atoms with Crippen LogP contribution in [0.15, 0.2) is 4.99 Å². The number of guanidine groups is 1. The van der Waals surface area contributed by atoms with E-state index in [2.05, 4.69) is 34.4 Å². The standard InChI is InChI=1S/C14H28N4.HI/c1-4-11(2)17-14(15-3)16-9-12-7-8-18(10-12)13-5-6-13;/h11-13H,4-10H2,1-3H3,(H2,15,16,17);1H. The first kappa shape index (κ1) is 17.0. The molecule has 0 bridgehead atoms. The number of aliphatic imine (C=N–C) groups is 1. The highest BCUT2D eigenvalue weighted by molar-refractivity contribution is 14.0. The van der Waals surface area contributed by atoms with Crippen LogP contribution >= 0.6 is 24.0 Å². The Labute approximate surface area is 134 Å². The van der Waals surface area contributed by atoms with Crippen LogP contribution in [-0.4, -0.2) is 49.6 Å². The Hall–Kier alpha value is -0.0400. The van der Waals surface area contributed by atoms with Crippen molar-refractivity contribution in [1.29, 1.82) is 0 Å². The molecule has 1 heterocycles. The first-order chi connectivity index (χ1) is 8.72. The molecule has 0 spiro atoms. The molecule has 0 aromatic carbocycles. The SMILES string of the molecule is CCC(C)NC(=NC)NCC1CCN(C2CC2)C1.I. The molecule has 5 heteroatoms. The number of likely N-dealkylation sites (tertiary alicyclic amines) is 1. The first-order valence-electron chi connectivity index (χ1n) is 7.44. The maximum Gasteiger partial charge on any atom is 0.191 e. The van der Waals surface area contributed by atoms with Gasteiger partial charge in [-0.2, -0.15) is 0 Å². The second-order valence-corrected chi connectivity index (χ2v) is 5.79. The van der Waals surface area contributed by atoms with Crippen molar-refractivity contribution in [2.24, 2.45) is 10.9 Å². The van der Waals surface area contributed by atoms with Gasteiger partial charge in [-0.05, 0) is 45.1 Å². The van der Waals surface area contributed by atoms with Crippen LogP contribution in [0.4, 0.5) is 0 Å². The Bertz CT molecular complexity index is 291. The summed E-state index contributed by atoms with van der Waals surface area (Å²) in [6.45, 7) is 8.01. The Morgan fingerprint density at radius 2 is 2.11 bits per heavy atom. The van der Waals surface area contributed by atoms with Crippen LogP contribution in [0, 0.1) is 5.92 Å². The molecule has 0 aromatic rings. The summed E-state index contributed by atoms with van der Waals surface area (Å²) >= 11 is 0. The van der Waals surface area contributed by atoms with E-state index in [-0.39, 0.29) is 24.0 Å². The smallest absolute Gasteiger partial charge is 0.191 e. The molecule has 0 radical (unpaired) electrons. The maximum atomic E-state index is 4.28. The van der Waals surface area contributed by atoms with Crippen molar-refractivity contribution in [3.63, 3.8) is 0 Å². The molecule has 112 valence electrons. The molecule has 2 N–H and O–H groups in total. The van der Waals surface area contributed by atoms with Gasteiger partial charge in [-0.15, -0.1) is 24.0 Å². The molecular weight excluding hydrogens is 351 g/mol. The van der Waals surface area contributed by atoms with Crippen molar-refractivity contribution < 1.29 is 0 Å². The summed E-state index contributed by atoms with van der Waals surface area (Å²) in [5.74, 6) is 1.75. The highest BCUT2D eigenvalue weighted by Crippen LogP contribution is 2.31. The second kappa shape index (κ2) is 8.29. The zero-order chi connectivity index (χ0) is 13.0. The highest BCUT2D eigenvalue weighted by atomic mass is 127. The number of hydrogen-bond acceptors (Lipinski definition) is 2. The molecule has 0 aromatic heterocycles. The second-order valence-electron chi connectivity index (χ2n) is 5.79. The average molecular weight is 380 g/mol. The minimum absolute atomic E-state index is 0. The van der Waals surface area contributed by atoms with Gasteiger partial charge < -0.3 is 15.5 Å². The zero-order valence-corrected chi connectivity index (χ0v) is 14.8. The van der Waals surface area contributed by atoms with Gasteiger partial charge in [0.25, 0.3) is 0 Å². The molecule has 4 nitrogen and oxygen atoms in total. The van der Waals surface area contributed by atoms with Crippen LogP contribution < -0.4 is 10.6 Å². The average Bonchev–Trinajstić information content (AvgIpc) is 3.13. The number of halogens is 1. The Morgan fingerprint density at radius 1 is 1.37 bits per heavy atom. The molecule has 19 heavy (non-hydrogen) atoms. The summed E-state index contributed by atoms with van der Waals surface area (Å²) in [4.78, 5) is 6.95. The van der Waals surface area contributed by atoms with E-state index in [0.717, 1.165) is 30.9 Å². The first-order valence-corrected chi connectivity index (χ1v) is 7.44. The third-order valence-electron chi connectivity index (χ3n) is 4.16. The lowest BCUT2D eigenvalue weighted by atomic mass is 10.1. The number of hydrogen-bond donors (Lipinski definition) is 2. The van der Waals surface area contributed by atoms with E-state index in [1.165, 1.54) is 32.4 Å². The topological polar surface area (TPSA) is 39.7 Å². The monoisotopic (exact) mass is 380 g/mol. The molecule has 2 aliphatic rings. The zero-order valence-electron chi connectivity index (χ0n) is 12.5. The van der Waals surface area contributed by atoms with Crippen LogP contribution in [0.3, 0.4) is 0 Å². The van der Waals surface area contributed by atoms with Gasteiger partial charge in [-0.1, -0.05) is 6.92 Å². The van der Waals surface area contributed by atoms with E-state index >= 15 is 0 Å². The van der Waals surface area contributed by atoms with E-state index in [9.17, 15) is 0 Å². The van der Waals surface area contributed by atoms with E-state index < -0.39 is 0 Å². The molecule has 2 atom stereocenters. The minimum Gasteiger partial charge on any atom is -0.356 e. The fraction of sp³-hybridized carbons (Fsp3) is 0.929.